The number of nitrogens with one attached hydrogen (secondary N) is 3. The molecule has 24 heavy (non-hydrogen) atoms. The van der Waals surface area contributed by atoms with Crippen LogP contribution in [-0.2, 0) is 6.54 Å². The van der Waals surface area contributed by atoms with Gasteiger partial charge in [-0.2, -0.15) is 4.39 Å². The van der Waals surface area contributed by atoms with E-state index in [9.17, 15) is 14.0 Å². The van der Waals surface area contributed by atoms with Crippen LogP contribution < -0.4 is 16.1 Å². The molecule has 0 spiro atoms. The van der Waals surface area contributed by atoms with Crippen molar-refractivity contribution >= 4 is 23.2 Å². The van der Waals surface area contributed by atoms with E-state index in [4.69, 9.17) is 11.6 Å². The molecule has 0 saturated carbocycles. The number of amides is 1. The van der Waals surface area contributed by atoms with Crippen LogP contribution >= 0.6 is 11.6 Å². The van der Waals surface area contributed by atoms with Crippen molar-refractivity contribution in [3.05, 3.63) is 61.8 Å². The zero-order valence-corrected chi connectivity index (χ0v) is 14.5. The molecule has 0 aliphatic heterocycles. The van der Waals surface area contributed by atoms with Gasteiger partial charge in [0.1, 0.15) is 0 Å². The normalized spacial score (nSPS) is 10.5. The van der Waals surface area contributed by atoms with E-state index < -0.39 is 17.3 Å². The number of carbonyl (C=O) groups excluding carboxylic acids is 1. The number of aromatic nitrogens is 1. The molecular weight excluding hydrogens is 333 g/mol. The molecule has 1 aromatic heterocycles. The number of anilines is 1. The van der Waals surface area contributed by atoms with E-state index in [1.807, 2.05) is 6.92 Å². The van der Waals surface area contributed by atoms with Crippen LogP contribution in [0.4, 0.5) is 10.1 Å². The number of halogens is 2. The van der Waals surface area contributed by atoms with Gasteiger partial charge in [-0.1, -0.05) is 11.6 Å². The van der Waals surface area contributed by atoms with Crippen molar-refractivity contribution in [2.75, 3.05) is 11.9 Å². The maximum atomic E-state index is 13.8. The summed E-state index contributed by atoms with van der Waals surface area (Å²) < 4.78 is 13.8. The van der Waals surface area contributed by atoms with Gasteiger partial charge in [0.2, 0.25) is 0 Å². The number of hydrogen-bond acceptors (Lipinski definition) is 3. The average molecular weight is 352 g/mol. The third kappa shape index (κ3) is 3.94. The van der Waals surface area contributed by atoms with Crippen molar-refractivity contribution in [3.8, 4) is 0 Å². The standard InChI is InChI=1S/C17H19ClFN3O2/c1-4-20-14-7-11(18)6-12(10(14)3)17(24)21-8-13-15(23)5-9(2)22-16(13)19/h5-7,20H,4,8H2,1-3H3,(H,21,24)(H,22,23). The van der Waals surface area contributed by atoms with Gasteiger partial charge in [-0.15, -0.1) is 0 Å². The molecule has 0 aliphatic carbocycles. The van der Waals surface area contributed by atoms with Crippen molar-refractivity contribution in [1.82, 2.24) is 10.3 Å². The highest BCUT2D eigenvalue weighted by Crippen LogP contribution is 2.24. The molecule has 0 fully saturated rings. The minimum atomic E-state index is -0.739. The average Bonchev–Trinajstić information content (AvgIpc) is 2.49. The lowest BCUT2D eigenvalue weighted by Crippen LogP contribution is -2.28. The molecule has 1 aromatic carbocycles. The fourth-order valence-corrected chi connectivity index (χ4v) is 2.61. The summed E-state index contributed by atoms with van der Waals surface area (Å²) in [6.07, 6.45) is 0. The molecule has 2 rings (SSSR count). The first-order valence-electron chi connectivity index (χ1n) is 7.54. The minimum Gasteiger partial charge on any atom is -0.385 e. The summed E-state index contributed by atoms with van der Waals surface area (Å²) >= 11 is 6.05. The summed E-state index contributed by atoms with van der Waals surface area (Å²) in [4.78, 5) is 26.7. The lowest BCUT2D eigenvalue weighted by atomic mass is 10.1. The Bertz CT molecular complexity index is 833. The van der Waals surface area contributed by atoms with Crippen LogP contribution in [0.3, 0.4) is 0 Å². The molecule has 1 heterocycles. The summed E-state index contributed by atoms with van der Waals surface area (Å²) in [5, 5.41) is 6.12. The highest BCUT2D eigenvalue weighted by atomic mass is 35.5. The van der Waals surface area contributed by atoms with Gasteiger partial charge in [-0.25, -0.2) is 0 Å². The third-order valence-corrected chi connectivity index (χ3v) is 3.85. The molecule has 0 bridgehead atoms. The summed E-state index contributed by atoms with van der Waals surface area (Å²) in [6, 6.07) is 4.57. The van der Waals surface area contributed by atoms with E-state index in [0.717, 1.165) is 11.3 Å². The van der Waals surface area contributed by atoms with Crippen molar-refractivity contribution < 1.29 is 9.18 Å². The van der Waals surface area contributed by atoms with Crippen LogP contribution in [0.5, 0.6) is 0 Å². The van der Waals surface area contributed by atoms with Gasteiger partial charge in [0.25, 0.3) is 5.91 Å². The summed E-state index contributed by atoms with van der Waals surface area (Å²) in [5.41, 5.74) is 1.73. The number of aromatic amines is 1. The quantitative estimate of drug-likeness (QED) is 0.724. The van der Waals surface area contributed by atoms with Gasteiger partial charge in [-0.3, -0.25) is 9.59 Å². The summed E-state index contributed by atoms with van der Waals surface area (Å²) in [5.74, 6) is -1.16. The molecular formula is C17H19ClFN3O2. The number of carbonyl (C=O) groups is 1. The Labute approximate surface area is 144 Å². The Kier molecular flexibility index (Phi) is 5.62. The number of aryl methyl sites for hydroxylation is 1. The Morgan fingerprint density at radius 2 is 2.00 bits per heavy atom. The van der Waals surface area contributed by atoms with Gasteiger partial charge < -0.3 is 15.6 Å². The first-order chi connectivity index (χ1) is 11.3. The molecule has 2 aromatic rings. The van der Waals surface area contributed by atoms with Crippen molar-refractivity contribution in [2.45, 2.75) is 27.3 Å². The van der Waals surface area contributed by atoms with Gasteiger partial charge in [0, 0.05) is 34.6 Å². The fraction of sp³-hybridized carbons (Fsp3) is 0.294. The monoisotopic (exact) mass is 351 g/mol. The SMILES string of the molecule is CCNc1cc(Cl)cc(C(=O)NCc2c(F)[nH]c(C)cc2=O)c1C. The van der Waals surface area contributed by atoms with Crippen LogP contribution in [0, 0.1) is 19.8 Å². The molecule has 1 amide bonds. The second-order valence-electron chi connectivity index (χ2n) is 5.45. The lowest BCUT2D eigenvalue weighted by molar-refractivity contribution is 0.0950. The maximum absolute atomic E-state index is 13.8. The second kappa shape index (κ2) is 7.49. The number of H-pyrrole nitrogens is 1. The second-order valence-corrected chi connectivity index (χ2v) is 5.88. The molecule has 0 saturated heterocycles. The fourth-order valence-electron chi connectivity index (χ4n) is 2.39. The smallest absolute Gasteiger partial charge is 0.251 e. The Morgan fingerprint density at radius 3 is 2.62 bits per heavy atom. The Hall–Kier alpha value is -2.34. The molecule has 0 aliphatic rings. The molecule has 3 N–H and O–H groups in total. The van der Waals surface area contributed by atoms with Crippen LogP contribution in [0.2, 0.25) is 5.02 Å². The molecule has 128 valence electrons. The largest absolute Gasteiger partial charge is 0.385 e. The highest BCUT2D eigenvalue weighted by molar-refractivity contribution is 6.31. The van der Waals surface area contributed by atoms with E-state index in [2.05, 4.69) is 15.6 Å². The van der Waals surface area contributed by atoms with Gasteiger partial charge in [0.05, 0.1) is 12.1 Å². The molecule has 0 radical (unpaired) electrons. The van der Waals surface area contributed by atoms with Crippen LogP contribution in [0.25, 0.3) is 0 Å². The Morgan fingerprint density at radius 1 is 1.29 bits per heavy atom. The van der Waals surface area contributed by atoms with Crippen molar-refractivity contribution in [2.24, 2.45) is 0 Å². The van der Waals surface area contributed by atoms with Crippen LogP contribution in [0.15, 0.2) is 23.0 Å². The van der Waals surface area contributed by atoms with Crippen molar-refractivity contribution in [3.63, 3.8) is 0 Å². The zero-order valence-electron chi connectivity index (χ0n) is 13.7. The van der Waals surface area contributed by atoms with E-state index in [-0.39, 0.29) is 12.1 Å². The van der Waals surface area contributed by atoms with Gasteiger partial charge in [0.15, 0.2) is 11.4 Å². The number of rotatable bonds is 5. The number of pyridine rings is 1. The van der Waals surface area contributed by atoms with E-state index in [0.29, 0.717) is 22.8 Å². The highest BCUT2D eigenvalue weighted by Gasteiger charge is 2.15. The minimum absolute atomic E-state index is 0.111. The molecule has 0 unspecified atom stereocenters. The van der Waals surface area contributed by atoms with Gasteiger partial charge >= 0.3 is 0 Å². The summed E-state index contributed by atoms with van der Waals surface area (Å²) in [7, 11) is 0. The predicted octanol–water partition coefficient (Wildman–Crippen LogP) is 3.15. The molecule has 7 heteroatoms. The van der Waals surface area contributed by atoms with Crippen LogP contribution in [-0.4, -0.2) is 17.4 Å². The van der Waals surface area contributed by atoms with E-state index in [1.165, 1.54) is 6.07 Å². The van der Waals surface area contributed by atoms with E-state index in [1.54, 1.807) is 26.0 Å². The zero-order chi connectivity index (χ0) is 17.9. The maximum Gasteiger partial charge on any atom is 0.251 e. The number of hydrogen-bond donors (Lipinski definition) is 3. The van der Waals surface area contributed by atoms with Crippen LogP contribution in [0.1, 0.15) is 34.1 Å². The topological polar surface area (TPSA) is 74.0 Å². The van der Waals surface area contributed by atoms with E-state index >= 15 is 0 Å². The number of benzene rings is 1. The molecule has 0 atom stereocenters. The Balaban J connectivity index is 2.24. The van der Waals surface area contributed by atoms with Crippen molar-refractivity contribution in [1.29, 1.82) is 0 Å². The predicted molar refractivity (Wildman–Crippen MR) is 93.3 cm³/mol. The first kappa shape index (κ1) is 18.0. The molecule has 5 nitrogen and oxygen atoms in total. The van der Waals surface area contributed by atoms with Gasteiger partial charge in [-0.05, 0) is 38.5 Å². The third-order valence-electron chi connectivity index (χ3n) is 3.63. The summed E-state index contributed by atoms with van der Waals surface area (Å²) in [6.45, 7) is 5.80. The first-order valence-corrected chi connectivity index (χ1v) is 7.91. The lowest BCUT2D eigenvalue weighted by Gasteiger charge is -2.13.